The Morgan fingerprint density at radius 3 is 2.44 bits per heavy atom. The van der Waals surface area contributed by atoms with Crippen LogP contribution in [0.1, 0.15) is 26.7 Å². The van der Waals surface area contributed by atoms with Crippen LogP contribution in [0.25, 0.3) is 0 Å². The highest BCUT2D eigenvalue weighted by Crippen LogP contribution is 1.95. The highest BCUT2D eigenvalue weighted by Gasteiger charge is 2.09. The van der Waals surface area contributed by atoms with Crippen molar-refractivity contribution in [2.24, 2.45) is 0 Å². The minimum Gasteiger partial charge on any atom is -0.316 e. The van der Waals surface area contributed by atoms with E-state index in [4.69, 9.17) is 5.21 Å². The van der Waals surface area contributed by atoms with E-state index in [-0.39, 0.29) is 11.8 Å². The van der Waals surface area contributed by atoms with Crippen molar-refractivity contribution >= 4 is 5.78 Å². The lowest BCUT2D eigenvalue weighted by Gasteiger charge is -2.07. The molecule has 0 aromatic carbocycles. The molecule has 0 saturated heterocycles. The van der Waals surface area contributed by atoms with Crippen molar-refractivity contribution in [3.63, 3.8) is 0 Å². The maximum Gasteiger partial charge on any atom is 0.148 e. The van der Waals surface area contributed by atoms with Crippen LogP contribution < -0.4 is 5.48 Å². The van der Waals surface area contributed by atoms with Gasteiger partial charge in [0.15, 0.2) is 0 Å². The monoisotopic (exact) mass is 131 g/mol. The second-order valence-electron chi connectivity index (χ2n) is 2.08. The lowest BCUT2D eigenvalue weighted by atomic mass is 10.1. The van der Waals surface area contributed by atoms with E-state index in [1.54, 1.807) is 0 Å². The normalized spacial score (nSPS) is 13.2. The van der Waals surface area contributed by atoms with Gasteiger partial charge in [0.2, 0.25) is 0 Å². The number of ketones is 1. The molecule has 0 amide bonds. The van der Waals surface area contributed by atoms with Gasteiger partial charge in [0.1, 0.15) is 5.78 Å². The number of nitrogens with one attached hydrogen (secondary N) is 1. The standard InChI is InChI=1S/C6H13NO2/c1-3-4-6(7-9)5(2)8/h6-7,9H,3-4H2,1-2H3. The fourth-order valence-corrected chi connectivity index (χ4v) is 0.647. The van der Waals surface area contributed by atoms with Gasteiger partial charge in [-0.05, 0) is 13.3 Å². The van der Waals surface area contributed by atoms with Gasteiger partial charge in [-0.15, -0.1) is 0 Å². The summed E-state index contributed by atoms with van der Waals surface area (Å²) in [6.45, 7) is 3.43. The third kappa shape index (κ3) is 3.21. The van der Waals surface area contributed by atoms with E-state index in [0.717, 1.165) is 6.42 Å². The summed E-state index contributed by atoms with van der Waals surface area (Å²) in [5.41, 5.74) is 1.95. The van der Waals surface area contributed by atoms with Crippen LogP contribution in [0.3, 0.4) is 0 Å². The van der Waals surface area contributed by atoms with Crippen LogP contribution in [0.15, 0.2) is 0 Å². The molecule has 0 aliphatic heterocycles. The first-order valence-corrected chi connectivity index (χ1v) is 3.12. The van der Waals surface area contributed by atoms with E-state index in [9.17, 15) is 4.79 Å². The second-order valence-corrected chi connectivity index (χ2v) is 2.08. The van der Waals surface area contributed by atoms with Crippen LogP contribution in [0.2, 0.25) is 0 Å². The predicted octanol–water partition coefficient (Wildman–Crippen LogP) is 0.723. The summed E-state index contributed by atoms with van der Waals surface area (Å²) in [7, 11) is 0. The minimum atomic E-state index is -0.366. The van der Waals surface area contributed by atoms with Crippen LogP contribution in [0.4, 0.5) is 0 Å². The molecule has 0 aromatic rings. The van der Waals surface area contributed by atoms with Crippen molar-refractivity contribution in [1.82, 2.24) is 5.48 Å². The highest BCUT2D eigenvalue weighted by atomic mass is 16.5. The van der Waals surface area contributed by atoms with E-state index in [0.29, 0.717) is 6.42 Å². The van der Waals surface area contributed by atoms with Crippen molar-refractivity contribution in [3.05, 3.63) is 0 Å². The number of hydroxylamine groups is 1. The van der Waals surface area contributed by atoms with Crippen molar-refractivity contribution in [1.29, 1.82) is 0 Å². The van der Waals surface area contributed by atoms with Crippen LogP contribution in [0, 0.1) is 0 Å². The molecule has 0 aliphatic carbocycles. The Labute approximate surface area is 55.0 Å². The number of Topliss-reactive ketones (excluding diaryl/α,β-unsaturated/α-hetero) is 1. The zero-order valence-corrected chi connectivity index (χ0v) is 5.85. The Kier molecular flexibility index (Phi) is 4.26. The molecule has 1 atom stereocenters. The van der Waals surface area contributed by atoms with Gasteiger partial charge < -0.3 is 5.21 Å². The number of carbonyl (C=O) groups excluding carboxylic acids is 1. The average molecular weight is 131 g/mol. The molecule has 3 heteroatoms. The summed E-state index contributed by atoms with van der Waals surface area (Å²) in [5, 5.41) is 8.36. The van der Waals surface area contributed by atoms with Gasteiger partial charge in [-0.2, -0.15) is 5.48 Å². The Morgan fingerprint density at radius 1 is 1.78 bits per heavy atom. The number of rotatable bonds is 4. The van der Waals surface area contributed by atoms with Gasteiger partial charge in [0.05, 0.1) is 6.04 Å². The quantitative estimate of drug-likeness (QED) is 0.553. The molecule has 2 N–H and O–H groups in total. The molecule has 1 unspecified atom stereocenters. The van der Waals surface area contributed by atoms with E-state index < -0.39 is 0 Å². The largest absolute Gasteiger partial charge is 0.316 e. The van der Waals surface area contributed by atoms with Crippen LogP contribution in [-0.4, -0.2) is 17.0 Å². The first-order chi connectivity index (χ1) is 4.22. The maximum absolute atomic E-state index is 10.5. The van der Waals surface area contributed by atoms with Crippen molar-refractivity contribution in [2.75, 3.05) is 0 Å². The summed E-state index contributed by atoms with van der Waals surface area (Å²) in [6, 6.07) is -0.366. The van der Waals surface area contributed by atoms with Crippen LogP contribution in [-0.2, 0) is 4.79 Å². The highest BCUT2D eigenvalue weighted by molar-refractivity contribution is 5.81. The van der Waals surface area contributed by atoms with E-state index in [1.807, 2.05) is 12.4 Å². The molecular formula is C6H13NO2. The summed E-state index contributed by atoms with van der Waals surface area (Å²) in [4.78, 5) is 10.5. The lowest BCUT2D eigenvalue weighted by Crippen LogP contribution is -2.32. The molecule has 0 saturated carbocycles. The topological polar surface area (TPSA) is 49.3 Å². The Balaban J connectivity index is 3.54. The zero-order chi connectivity index (χ0) is 7.28. The first-order valence-electron chi connectivity index (χ1n) is 3.12. The van der Waals surface area contributed by atoms with Crippen molar-refractivity contribution < 1.29 is 10.0 Å². The molecule has 9 heavy (non-hydrogen) atoms. The van der Waals surface area contributed by atoms with Gasteiger partial charge >= 0.3 is 0 Å². The SMILES string of the molecule is CCCC(NO)C(C)=O. The molecule has 0 aliphatic rings. The number of hydrogen-bond acceptors (Lipinski definition) is 3. The molecule has 0 spiro atoms. The molecule has 3 nitrogen and oxygen atoms in total. The van der Waals surface area contributed by atoms with E-state index >= 15 is 0 Å². The molecule has 0 aromatic heterocycles. The van der Waals surface area contributed by atoms with Gasteiger partial charge in [-0.25, -0.2) is 0 Å². The Hall–Kier alpha value is -0.410. The summed E-state index contributed by atoms with van der Waals surface area (Å²) in [6.07, 6.45) is 1.60. The molecule has 0 rings (SSSR count). The first kappa shape index (κ1) is 8.59. The van der Waals surface area contributed by atoms with Gasteiger partial charge in [-0.3, -0.25) is 4.79 Å². The smallest absolute Gasteiger partial charge is 0.148 e. The van der Waals surface area contributed by atoms with Crippen LogP contribution in [0.5, 0.6) is 0 Å². The average Bonchev–Trinajstić information content (AvgIpc) is 1.82. The molecule has 0 bridgehead atoms. The van der Waals surface area contributed by atoms with Crippen LogP contribution >= 0.6 is 0 Å². The number of carbonyl (C=O) groups is 1. The van der Waals surface area contributed by atoms with Gasteiger partial charge in [0, 0.05) is 0 Å². The summed E-state index contributed by atoms with van der Waals surface area (Å²) >= 11 is 0. The predicted molar refractivity (Wildman–Crippen MR) is 34.3 cm³/mol. The fraction of sp³-hybridized carbons (Fsp3) is 0.833. The molecule has 0 fully saturated rings. The van der Waals surface area contributed by atoms with Crippen molar-refractivity contribution in [2.45, 2.75) is 32.7 Å². The fourth-order valence-electron chi connectivity index (χ4n) is 0.647. The Morgan fingerprint density at radius 2 is 2.33 bits per heavy atom. The summed E-state index contributed by atoms with van der Waals surface area (Å²) in [5.74, 6) is -0.0145. The van der Waals surface area contributed by atoms with Crippen molar-refractivity contribution in [3.8, 4) is 0 Å². The number of hydrogen-bond donors (Lipinski definition) is 2. The van der Waals surface area contributed by atoms with E-state index in [1.165, 1.54) is 6.92 Å². The molecule has 0 heterocycles. The van der Waals surface area contributed by atoms with Gasteiger partial charge in [0.25, 0.3) is 0 Å². The maximum atomic E-state index is 10.5. The molecule has 54 valence electrons. The summed E-state index contributed by atoms with van der Waals surface area (Å²) < 4.78 is 0. The van der Waals surface area contributed by atoms with E-state index in [2.05, 4.69) is 0 Å². The third-order valence-electron chi connectivity index (χ3n) is 1.22. The third-order valence-corrected chi connectivity index (χ3v) is 1.22. The Bertz CT molecular complexity index is 93.1. The van der Waals surface area contributed by atoms with Gasteiger partial charge in [-0.1, -0.05) is 13.3 Å². The zero-order valence-electron chi connectivity index (χ0n) is 5.85. The second kappa shape index (κ2) is 4.47. The lowest BCUT2D eigenvalue weighted by molar-refractivity contribution is -0.121. The molecular weight excluding hydrogens is 118 g/mol. The minimum absolute atomic E-state index is 0.0145. The molecule has 0 radical (unpaired) electrons.